The van der Waals surface area contributed by atoms with Crippen LogP contribution in [-0.4, -0.2) is 56.6 Å². The van der Waals surface area contributed by atoms with E-state index >= 15 is 0 Å². The topological polar surface area (TPSA) is 121 Å². The molecule has 3 N–H and O–H groups in total. The molecule has 4 aromatic rings. The number of alkyl carbamates (subject to hydrolysis) is 1. The molecule has 5 rings (SSSR count). The Morgan fingerprint density at radius 3 is 2.48 bits per heavy atom. The van der Waals surface area contributed by atoms with E-state index in [1.807, 2.05) is 51.1 Å². The van der Waals surface area contributed by atoms with Crippen molar-refractivity contribution in [3.8, 4) is 0 Å². The number of halogens is 1. The number of nitrogens with zero attached hydrogens (tertiary/aromatic N) is 4. The molecule has 0 bridgehead atoms. The Labute approximate surface area is 241 Å². The first-order valence-corrected chi connectivity index (χ1v) is 14.2. The van der Waals surface area contributed by atoms with Gasteiger partial charge in [0.1, 0.15) is 10.6 Å². The maximum Gasteiger partial charge on any atom is 0.407 e. The molecular formula is C28H30ClN7O3S. The molecule has 2 aromatic heterocycles. The summed E-state index contributed by atoms with van der Waals surface area (Å²) in [4.78, 5) is 40.0. The molecular weight excluding hydrogens is 550 g/mol. The van der Waals surface area contributed by atoms with Crippen molar-refractivity contribution in [2.24, 2.45) is 0 Å². The van der Waals surface area contributed by atoms with Crippen LogP contribution in [0.15, 0.2) is 54.2 Å². The van der Waals surface area contributed by atoms with Gasteiger partial charge in [-0.25, -0.2) is 14.8 Å². The Morgan fingerprint density at radius 2 is 1.75 bits per heavy atom. The van der Waals surface area contributed by atoms with Gasteiger partial charge < -0.3 is 25.6 Å². The molecule has 1 aliphatic rings. The predicted octanol–water partition coefficient (Wildman–Crippen LogP) is 6.36. The highest BCUT2D eigenvalue weighted by atomic mass is 35.5. The number of ether oxygens (including phenoxy) is 1. The van der Waals surface area contributed by atoms with Crippen LogP contribution < -0.4 is 16.0 Å². The number of fused-ring (bicyclic) bond motifs is 1. The number of piperidine rings is 1. The number of hydrogen-bond donors (Lipinski definition) is 3. The smallest absolute Gasteiger partial charge is 0.407 e. The second-order valence-corrected chi connectivity index (χ2v) is 11.8. The normalized spacial score (nSPS) is 14.2. The second-order valence-electron chi connectivity index (χ2n) is 10.5. The Balaban J connectivity index is 1.16. The van der Waals surface area contributed by atoms with E-state index in [4.69, 9.17) is 16.3 Å². The number of rotatable bonds is 6. The van der Waals surface area contributed by atoms with Crippen molar-refractivity contribution in [1.82, 2.24) is 25.2 Å². The molecule has 12 heteroatoms. The molecule has 1 aliphatic heterocycles. The van der Waals surface area contributed by atoms with Gasteiger partial charge in [0.2, 0.25) is 5.95 Å². The lowest BCUT2D eigenvalue weighted by Gasteiger charge is -2.33. The molecule has 3 heterocycles. The highest BCUT2D eigenvalue weighted by Crippen LogP contribution is 2.28. The summed E-state index contributed by atoms with van der Waals surface area (Å²) < 4.78 is 6.39. The van der Waals surface area contributed by atoms with Crippen molar-refractivity contribution in [2.75, 3.05) is 23.7 Å². The van der Waals surface area contributed by atoms with Crippen LogP contribution in [0.3, 0.4) is 0 Å². The SMILES string of the molecule is CC(C)(C)OC(=O)NC1CCN(C(=O)c2ccc(Nc3ncc(Cl)c(Nc4ccc5ncsc5c4)n3)cc2)CC1. The molecule has 0 saturated carbocycles. The van der Waals surface area contributed by atoms with Crippen LogP contribution in [0.4, 0.5) is 27.9 Å². The molecule has 1 fully saturated rings. The lowest BCUT2D eigenvalue weighted by atomic mass is 10.0. The van der Waals surface area contributed by atoms with E-state index < -0.39 is 11.7 Å². The average Bonchev–Trinajstić information content (AvgIpc) is 3.38. The lowest BCUT2D eigenvalue weighted by Crippen LogP contribution is -2.47. The Hall–Kier alpha value is -3.96. The van der Waals surface area contributed by atoms with Gasteiger partial charge in [-0.15, -0.1) is 11.3 Å². The molecule has 0 radical (unpaired) electrons. The highest BCUT2D eigenvalue weighted by Gasteiger charge is 2.26. The zero-order valence-electron chi connectivity index (χ0n) is 22.4. The Bertz CT molecular complexity index is 1510. The summed E-state index contributed by atoms with van der Waals surface area (Å²) in [5, 5.41) is 9.69. The van der Waals surface area contributed by atoms with Crippen molar-refractivity contribution >= 4 is 68.3 Å². The third kappa shape index (κ3) is 6.97. The summed E-state index contributed by atoms with van der Waals surface area (Å²) in [6.07, 6.45) is 2.45. The van der Waals surface area contributed by atoms with E-state index in [0.29, 0.717) is 48.3 Å². The molecule has 0 unspecified atom stereocenters. The zero-order chi connectivity index (χ0) is 28.3. The minimum atomic E-state index is -0.543. The van der Waals surface area contributed by atoms with Crippen LogP contribution in [0, 0.1) is 0 Å². The lowest BCUT2D eigenvalue weighted by molar-refractivity contribution is 0.0473. The number of carbonyl (C=O) groups is 2. The number of thiazole rings is 1. The third-order valence-corrected chi connectivity index (χ3v) is 7.30. The van der Waals surface area contributed by atoms with Crippen LogP contribution in [-0.2, 0) is 4.74 Å². The number of amides is 2. The van der Waals surface area contributed by atoms with Crippen molar-refractivity contribution in [3.05, 3.63) is 64.8 Å². The van der Waals surface area contributed by atoms with Crippen molar-refractivity contribution in [3.63, 3.8) is 0 Å². The number of anilines is 4. The van der Waals surface area contributed by atoms with Crippen molar-refractivity contribution < 1.29 is 14.3 Å². The van der Waals surface area contributed by atoms with E-state index in [1.54, 1.807) is 33.9 Å². The first-order valence-electron chi connectivity index (χ1n) is 12.9. The summed E-state index contributed by atoms with van der Waals surface area (Å²) >= 11 is 7.90. The summed E-state index contributed by atoms with van der Waals surface area (Å²) in [6, 6.07) is 13.0. The van der Waals surface area contributed by atoms with Gasteiger partial charge in [0.15, 0.2) is 5.82 Å². The fourth-order valence-electron chi connectivity index (χ4n) is 4.29. The summed E-state index contributed by atoms with van der Waals surface area (Å²) in [5.74, 6) is 0.790. The summed E-state index contributed by atoms with van der Waals surface area (Å²) in [7, 11) is 0. The minimum Gasteiger partial charge on any atom is -0.444 e. The van der Waals surface area contributed by atoms with Crippen LogP contribution in [0.5, 0.6) is 0 Å². The molecule has 40 heavy (non-hydrogen) atoms. The first kappa shape index (κ1) is 27.6. The highest BCUT2D eigenvalue weighted by molar-refractivity contribution is 7.16. The molecule has 0 aliphatic carbocycles. The largest absolute Gasteiger partial charge is 0.444 e. The molecule has 208 valence electrons. The van der Waals surface area contributed by atoms with Crippen LogP contribution in [0.2, 0.25) is 5.02 Å². The third-order valence-electron chi connectivity index (χ3n) is 6.23. The fourth-order valence-corrected chi connectivity index (χ4v) is 5.15. The quantitative estimate of drug-likeness (QED) is 0.241. The number of benzene rings is 2. The number of nitrogens with one attached hydrogen (secondary N) is 3. The van der Waals surface area contributed by atoms with Gasteiger partial charge in [-0.05, 0) is 76.1 Å². The molecule has 2 aromatic carbocycles. The zero-order valence-corrected chi connectivity index (χ0v) is 24.0. The maximum absolute atomic E-state index is 13.0. The molecule has 0 atom stereocenters. The molecule has 0 spiro atoms. The molecule has 2 amide bonds. The van der Waals surface area contributed by atoms with E-state index in [9.17, 15) is 9.59 Å². The predicted molar refractivity (Wildman–Crippen MR) is 158 cm³/mol. The van der Waals surface area contributed by atoms with E-state index in [2.05, 4.69) is 30.9 Å². The summed E-state index contributed by atoms with van der Waals surface area (Å²) in [5.41, 5.74) is 4.36. The van der Waals surface area contributed by atoms with Gasteiger partial charge >= 0.3 is 6.09 Å². The monoisotopic (exact) mass is 579 g/mol. The second kappa shape index (κ2) is 11.6. The fraction of sp³-hybridized carbons (Fsp3) is 0.321. The first-order chi connectivity index (χ1) is 19.1. The Kier molecular flexibility index (Phi) is 8.04. The van der Waals surface area contributed by atoms with Gasteiger partial charge in [-0.3, -0.25) is 4.79 Å². The number of likely N-dealkylation sites (tertiary alicyclic amines) is 1. The maximum atomic E-state index is 13.0. The minimum absolute atomic E-state index is 0.0140. The van der Waals surface area contributed by atoms with Gasteiger partial charge in [-0.1, -0.05) is 11.6 Å². The van der Waals surface area contributed by atoms with Gasteiger partial charge in [0, 0.05) is 36.1 Å². The number of carbonyl (C=O) groups excluding carboxylic acids is 2. The average molecular weight is 580 g/mol. The van der Waals surface area contributed by atoms with E-state index in [-0.39, 0.29) is 11.9 Å². The van der Waals surface area contributed by atoms with Crippen molar-refractivity contribution in [2.45, 2.75) is 45.3 Å². The van der Waals surface area contributed by atoms with Gasteiger partial charge in [-0.2, -0.15) is 4.98 Å². The number of aromatic nitrogens is 3. The molecule has 1 saturated heterocycles. The van der Waals surface area contributed by atoms with Gasteiger partial charge in [0.25, 0.3) is 5.91 Å². The van der Waals surface area contributed by atoms with Gasteiger partial charge in [0.05, 0.1) is 21.9 Å². The molecule has 10 nitrogen and oxygen atoms in total. The number of hydrogen-bond acceptors (Lipinski definition) is 9. The summed E-state index contributed by atoms with van der Waals surface area (Å²) in [6.45, 7) is 6.61. The van der Waals surface area contributed by atoms with E-state index in [0.717, 1.165) is 21.6 Å². The van der Waals surface area contributed by atoms with Crippen LogP contribution >= 0.6 is 22.9 Å². The van der Waals surface area contributed by atoms with Crippen LogP contribution in [0.1, 0.15) is 44.0 Å². The van der Waals surface area contributed by atoms with Crippen LogP contribution in [0.25, 0.3) is 10.2 Å². The van der Waals surface area contributed by atoms with Crippen molar-refractivity contribution in [1.29, 1.82) is 0 Å². The standard InChI is InChI=1S/C28H30ClN7O3S/c1-28(2,3)39-27(38)34-19-10-12-36(13-11-19)25(37)17-4-6-18(7-5-17)33-26-30-15-21(29)24(35-26)32-20-8-9-22-23(14-20)40-16-31-22/h4-9,14-16,19H,10-13H2,1-3H3,(H,34,38)(H2,30,32,33,35). The van der Waals surface area contributed by atoms with E-state index in [1.165, 1.54) is 6.20 Å². The Morgan fingerprint density at radius 1 is 1.02 bits per heavy atom.